The van der Waals surface area contributed by atoms with Crippen LogP contribution in [0.25, 0.3) is 11.0 Å². The van der Waals surface area contributed by atoms with Crippen LogP contribution in [0.15, 0.2) is 28.3 Å². The van der Waals surface area contributed by atoms with Gasteiger partial charge in [-0.25, -0.2) is 13.4 Å². The molecule has 2 aromatic rings. The van der Waals surface area contributed by atoms with E-state index < -0.39 is 10.0 Å². The standard InChI is InChI=1S/C20H27N3O3S2/c1-2-23-17-11-10-15(28(25,26)22-12-6-3-7-13-22)14-16(17)21-20(23)27-19-9-5-4-8-18(19)24/h10-11,14,19H,2-9,12-13H2,1H3. The van der Waals surface area contributed by atoms with E-state index in [-0.39, 0.29) is 5.25 Å². The minimum absolute atomic E-state index is 0.0348. The number of hydrogen-bond donors (Lipinski definition) is 0. The molecule has 1 aliphatic carbocycles. The fourth-order valence-electron chi connectivity index (χ4n) is 4.10. The maximum atomic E-state index is 13.0. The lowest BCUT2D eigenvalue weighted by Crippen LogP contribution is -2.35. The summed E-state index contributed by atoms with van der Waals surface area (Å²) in [6, 6.07) is 5.24. The Morgan fingerprint density at radius 3 is 2.64 bits per heavy atom. The Balaban J connectivity index is 1.67. The summed E-state index contributed by atoms with van der Waals surface area (Å²) in [6.45, 7) is 3.97. The van der Waals surface area contributed by atoms with Crippen molar-refractivity contribution >= 4 is 38.6 Å². The minimum atomic E-state index is -3.48. The Labute approximate surface area is 170 Å². The molecule has 2 aliphatic rings. The van der Waals surface area contributed by atoms with Gasteiger partial charge in [0.2, 0.25) is 10.0 Å². The molecule has 1 aromatic carbocycles. The lowest BCUT2D eigenvalue weighted by atomic mass is 9.99. The van der Waals surface area contributed by atoms with Crippen LogP contribution in [0.5, 0.6) is 0 Å². The second-order valence-electron chi connectivity index (χ2n) is 7.57. The average Bonchev–Trinajstić information content (AvgIpc) is 3.06. The summed E-state index contributed by atoms with van der Waals surface area (Å²) >= 11 is 1.53. The van der Waals surface area contributed by atoms with E-state index in [9.17, 15) is 13.2 Å². The molecule has 0 spiro atoms. The van der Waals surface area contributed by atoms with Gasteiger partial charge < -0.3 is 4.57 Å². The first-order chi connectivity index (χ1) is 13.5. The Morgan fingerprint density at radius 1 is 1.14 bits per heavy atom. The number of hydrogen-bond acceptors (Lipinski definition) is 5. The fourth-order valence-corrected chi connectivity index (χ4v) is 6.93. The average molecular weight is 422 g/mol. The van der Waals surface area contributed by atoms with Crippen molar-refractivity contribution in [2.45, 2.75) is 73.7 Å². The van der Waals surface area contributed by atoms with Gasteiger partial charge in [0, 0.05) is 26.1 Å². The quantitative estimate of drug-likeness (QED) is 0.734. The molecule has 6 nitrogen and oxygen atoms in total. The highest BCUT2D eigenvalue weighted by molar-refractivity contribution is 8.00. The number of fused-ring (bicyclic) bond motifs is 1. The van der Waals surface area contributed by atoms with Crippen LogP contribution in [0.2, 0.25) is 0 Å². The maximum Gasteiger partial charge on any atom is 0.243 e. The molecule has 1 atom stereocenters. The summed E-state index contributed by atoms with van der Waals surface area (Å²) < 4.78 is 29.7. The second-order valence-corrected chi connectivity index (χ2v) is 10.7. The van der Waals surface area contributed by atoms with Crippen LogP contribution < -0.4 is 0 Å². The molecular weight excluding hydrogens is 394 g/mol. The smallest absolute Gasteiger partial charge is 0.243 e. The number of imidazole rings is 1. The molecule has 1 aliphatic heterocycles. The summed E-state index contributed by atoms with van der Waals surface area (Å²) in [4.78, 5) is 17.3. The highest BCUT2D eigenvalue weighted by Gasteiger charge is 2.28. The van der Waals surface area contributed by atoms with Crippen molar-refractivity contribution in [2.75, 3.05) is 13.1 Å². The van der Waals surface area contributed by atoms with Gasteiger partial charge >= 0.3 is 0 Å². The number of carbonyl (C=O) groups is 1. The zero-order valence-electron chi connectivity index (χ0n) is 16.3. The van der Waals surface area contributed by atoms with Crippen molar-refractivity contribution in [3.63, 3.8) is 0 Å². The van der Waals surface area contributed by atoms with E-state index in [0.717, 1.165) is 55.7 Å². The van der Waals surface area contributed by atoms with Gasteiger partial charge in [-0.2, -0.15) is 4.31 Å². The highest BCUT2D eigenvalue weighted by Crippen LogP contribution is 2.34. The van der Waals surface area contributed by atoms with Crippen LogP contribution in [0, 0.1) is 0 Å². The molecule has 0 amide bonds. The van der Waals surface area contributed by atoms with Crippen LogP contribution in [-0.4, -0.2) is 46.4 Å². The molecule has 1 aromatic heterocycles. The van der Waals surface area contributed by atoms with E-state index in [4.69, 9.17) is 4.98 Å². The predicted molar refractivity (Wildman–Crippen MR) is 111 cm³/mol. The fraction of sp³-hybridized carbons (Fsp3) is 0.600. The number of aromatic nitrogens is 2. The van der Waals surface area contributed by atoms with E-state index in [1.165, 1.54) is 11.8 Å². The van der Waals surface area contributed by atoms with Crippen LogP contribution in [-0.2, 0) is 21.4 Å². The van der Waals surface area contributed by atoms with Gasteiger partial charge in [-0.05, 0) is 50.8 Å². The second kappa shape index (κ2) is 8.16. The van der Waals surface area contributed by atoms with E-state index >= 15 is 0 Å². The van der Waals surface area contributed by atoms with Gasteiger partial charge in [0.05, 0.1) is 21.2 Å². The van der Waals surface area contributed by atoms with Crippen LogP contribution in [0.1, 0.15) is 51.9 Å². The molecule has 0 N–H and O–H groups in total. The third kappa shape index (κ3) is 3.74. The number of benzene rings is 1. The van der Waals surface area contributed by atoms with Crippen molar-refractivity contribution in [3.8, 4) is 0 Å². The molecule has 2 heterocycles. The van der Waals surface area contributed by atoms with E-state index in [1.807, 2.05) is 13.0 Å². The van der Waals surface area contributed by atoms with Gasteiger partial charge in [-0.15, -0.1) is 0 Å². The number of piperidine rings is 1. The molecular formula is C20H27N3O3S2. The predicted octanol–water partition coefficient (Wildman–Crippen LogP) is 3.83. The Morgan fingerprint density at radius 2 is 1.93 bits per heavy atom. The third-order valence-corrected chi connectivity index (χ3v) is 8.90. The molecule has 4 rings (SSSR count). The van der Waals surface area contributed by atoms with Crippen molar-refractivity contribution < 1.29 is 13.2 Å². The first kappa shape index (κ1) is 19.9. The van der Waals surface area contributed by atoms with Crippen LogP contribution in [0.3, 0.4) is 0 Å². The van der Waals surface area contributed by atoms with Gasteiger partial charge in [0.25, 0.3) is 0 Å². The number of rotatable bonds is 5. The molecule has 152 valence electrons. The largest absolute Gasteiger partial charge is 0.319 e. The van der Waals surface area contributed by atoms with Crippen LogP contribution >= 0.6 is 11.8 Å². The van der Waals surface area contributed by atoms with Crippen molar-refractivity contribution in [1.82, 2.24) is 13.9 Å². The van der Waals surface area contributed by atoms with Gasteiger partial charge in [0.1, 0.15) is 5.78 Å². The summed E-state index contributed by atoms with van der Waals surface area (Å²) in [5, 5.41) is 0.776. The van der Waals surface area contributed by atoms with E-state index in [2.05, 4.69) is 4.57 Å². The van der Waals surface area contributed by atoms with Gasteiger partial charge in [0.15, 0.2) is 5.16 Å². The monoisotopic (exact) mass is 421 g/mol. The Kier molecular flexibility index (Phi) is 5.81. The first-order valence-corrected chi connectivity index (χ1v) is 12.5. The summed E-state index contributed by atoms with van der Waals surface area (Å²) in [5.41, 5.74) is 1.61. The normalized spacial score (nSPS) is 22.0. The molecule has 28 heavy (non-hydrogen) atoms. The molecule has 1 unspecified atom stereocenters. The maximum absolute atomic E-state index is 13.0. The van der Waals surface area contributed by atoms with Crippen LogP contribution in [0.4, 0.5) is 0 Å². The van der Waals surface area contributed by atoms with Gasteiger partial charge in [-0.3, -0.25) is 4.79 Å². The number of thioether (sulfide) groups is 1. The summed E-state index contributed by atoms with van der Waals surface area (Å²) in [6.07, 6.45) is 6.54. The lowest BCUT2D eigenvalue weighted by Gasteiger charge is -2.25. The zero-order valence-corrected chi connectivity index (χ0v) is 17.9. The summed E-state index contributed by atoms with van der Waals surface area (Å²) in [7, 11) is -3.48. The van der Waals surface area contributed by atoms with Crippen molar-refractivity contribution in [2.24, 2.45) is 0 Å². The first-order valence-electron chi connectivity index (χ1n) is 10.2. The molecule has 0 bridgehead atoms. The summed E-state index contributed by atoms with van der Waals surface area (Å²) in [5.74, 6) is 0.305. The number of sulfonamides is 1. The minimum Gasteiger partial charge on any atom is -0.319 e. The molecule has 2 fully saturated rings. The third-order valence-electron chi connectivity index (χ3n) is 5.70. The Bertz CT molecular complexity index is 978. The molecule has 0 radical (unpaired) electrons. The number of Topliss-reactive ketones (excluding diaryl/α,β-unsaturated/α-hetero) is 1. The number of aryl methyl sites for hydroxylation is 1. The lowest BCUT2D eigenvalue weighted by molar-refractivity contribution is -0.119. The molecule has 1 saturated carbocycles. The number of carbonyl (C=O) groups excluding carboxylic acids is 1. The van der Waals surface area contributed by atoms with E-state index in [1.54, 1.807) is 16.4 Å². The van der Waals surface area contributed by atoms with Gasteiger partial charge in [-0.1, -0.05) is 24.6 Å². The topological polar surface area (TPSA) is 72.3 Å². The van der Waals surface area contributed by atoms with Crippen molar-refractivity contribution in [3.05, 3.63) is 18.2 Å². The zero-order chi connectivity index (χ0) is 19.7. The highest BCUT2D eigenvalue weighted by atomic mass is 32.2. The Hall–Kier alpha value is -1.38. The van der Waals surface area contributed by atoms with Crippen molar-refractivity contribution in [1.29, 1.82) is 0 Å². The molecule has 8 heteroatoms. The number of nitrogens with zero attached hydrogens (tertiary/aromatic N) is 3. The SMILES string of the molecule is CCn1c(SC2CCCCC2=O)nc2cc(S(=O)(=O)N3CCCCC3)ccc21. The van der Waals surface area contributed by atoms with E-state index in [0.29, 0.717) is 35.7 Å². The number of ketones is 1. The molecule has 1 saturated heterocycles.